The Hall–Kier alpha value is -0.990. The number of rotatable bonds is 3. The summed E-state index contributed by atoms with van der Waals surface area (Å²) >= 11 is 0. The van der Waals surface area contributed by atoms with Crippen molar-refractivity contribution in [2.75, 3.05) is 0 Å². The summed E-state index contributed by atoms with van der Waals surface area (Å²) in [6.45, 7) is 1.36. The van der Waals surface area contributed by atoms with Crippen LogP contribution in [0.5, 0.6) is 0 Å². The zero-order valence-corrected chi connectivity index (χ0v) is 7.29. The second-order valence-electron chi connectivity index (χ2n) is 2.92. The Morgan fingerprint density at radius 3 is 2.58 bits per heavy atom. The van der Waals surface area contributed by atoms with E-state index >= 15 is 0 Å². The van der Waals surface area contributed by atoms with Crippen molar-refractivity contribution in [3.05, 3.63) is 12.5 Å². The molecule has 0 N–H and O–H groups in total. The van der Waals surface area contributed by atoms with Crippen LogP contribution in [-0.4, -0.2) is 12.1 Å². The minimum Gasteiger partial charge on any atom is -0.495 e. The van der Waals surface area contributed by atoms with Gasteiger partial charge in [0.15, 0.2) is 0 Å². The first-order valence-electron chi connectivity index (χ1n) is 4.27. The van der Waals surface area contributed by atoms with E-state index in [4.69, 9.17) is 4.74 Å². The summed E-state index contributed by atoms with van der Waals surface area (Å²) < 4.78 is 9.85. The van der Waals surface area contributed by atoms with Crippen LogP contribution < -0.4 is 0 Å². The van der Waals surface area contributed by atoms with Crippen LogP contribution in [0.4, 0.5) is 0 Å². The molecule has 0 aromatic rings. The molecule has 12 heavy (non-hydrogen) atoms. The lowest BCUT2D eigenvalue weighted by molar-refractivity contribution is -0.135. The quantitative estimate of drug-likeness (QED) is 0.480. The van der Waals surface area contributed by atoms with E-state index in [2.05, 4.69) is 4.74 Å². The Morgan fingerprint density at radius 1 is 1.33 bits per heavy atom. The summed E-state index contributed by atoms with van der Waals surface area (Å²) in [5.74, 6) is -0.318. The van der Waals surface area contributed by atoms with Gasteiger partial charge in [-0.15, -0.1) is 0 Å². The zero-order valence-electron chi connectivity index (χ0n) is 7.29. The Kier molecular flexibility index (Phi) is 3.64. The number of ether oxygens (including phenoxy) is 2. The van der Waals surface area contributed by atoms with Crippen LogP contribution in [-0.2, 0) is 14.3 Å². The van der Waals surface area contributed by atoms with E-state index < -0.39 is 0 Å². The predicted molar refractivity (Wildman–Crippen MR) is 44.2 cm³/mol. The van der Waals surface area contributed by atoms with Gasteiger partial charge in [-0.05, 0) is 25.7 Å². The molecule has 0 heterocycles. The molecule has 1 saturated carbocycles. The molecule has 0 aromatic carbocycles. The maximum Gasteiger partial charge on any atom is 0.307 e. The molecule has 3 nitrogen and oxygen atoms in total. The molecule has 0 radical (unpaired) electrons. The van der Waals surface area contributed by atoms with E-state index in [-0.39, 0.29) is 5.97 Å². The van der Waals surface area contributed by atoms with E-state index in [9.17, 15) is 4.79 Å². The summed E-state index contributed by atoms with van der Waals surface area (Å²) in [6.07, 6.45) is 7.79. The summed E-state index contributed by atoms with van der Waals surface area (Å²) in [7, 11) is 0. The maximum absolute atomic E-state index is 10.3. The maximum atomic E-state index is 10.3. The standard InChI is InChI=1S/C9H14O3/c1-8(10)11-6-7-12-9-4-2-3-5-9/h6-7,9H,2-5H2,1H3/b7-6-. The monoisotopic (exact) mass is 170 g/mol. The van der Waals surface area contributed by atoms with Crippen LogP contribution in [0.1, 0.15) is 32.6 Å². The molecule has 3 heteroatoms. The lowest BCUT2D eigenvalue weighted by Gasteiger charge is -2.06. The molecule has 0 amide bonds. The van der Waals surface area contributed by atoms with Gasteiger partial charge in [-0.3, -0.25) is 4.79 Å². The highest BCUT2D eigenvalue weighted by atomic mass is 16.5. The normalized spacial score (nSPS) is 18.4. The van der Waals surface area contributed by atoms with Gasteiger partial charge >= 0.3 is 5.97 Å². The smallest absolute Gasteiger partial charge is 0.307 e. The van der Waals surface area contributed by atoms with Crippen LogP contribution in [0.15, 0.2) is 12.5 Å². The Morgan fingerprint density at radius 2 is 2.00 bits per heavy atom. The average molecular weight is 170 g/mol. The van der Waals surface area contributed by atoms with Gasteiger partial charge in [0.2, 0.25) is 0 Å². The average Bonchev–Trinajstić information content (AvgIpc) is 2.49. The molecule has 68 valence electrons. The van der Waals surface area contributed by atoms with Crippen molar-refractivity contribution in [2.24, 2.45) is 0 Å². The second kappa shape index (κ2) is 4.80. The van der Waals surface area contributed by atoms with Crippen molar-refractivity contribution in [3.63, 3.8) is 0 Å². The number of hydrogen-bond acceptors (Lipinski definition) is 3. The van der Waals surface area contributed by atoms with Crippen LogP contribution in [0.3, 0.4) is 0 Å². The predicted octanol–water partition coefficient (Wildman–Crippen LogP) is 1.98. The number of carbonyl (C=O) groups excluding carboxylic acids is 1. The molecule has 0 bridgehead atoms. The highest BCUT2D eigenvalue weighted by Crippen LogP contribution is 2.20. The molecule has 1 fully saturated rings. The molecule has 0 spiro atoms. The van der Waals surface area contributed by atoms with Gasteiger partial charge in [-0.2, -0.15) is 0 Å². The first kappa shape index (κ1) is 9.10. The largest absolute Gasteiger partial charge is 0.495 e. The lowest BCUT2D eigenvalue weighted by atomic mass is 10.3. The number of hydrogen-bond donors (Lipinski definition) is 0. The van der Waals surface area contributed by atoms with E-state index in [1.807, 2.05) is 0 Å². The molecule has 1 aliphatic carbocycles. The van der Waals surface area contributed by atoms with E-state index in [1.54, 1.807) is 0 Å². The van der Waals surface area contributed by atoms with Gasteiger partial charge in [0, 0.05) is 6.92 Å². The molecular formula is C9H14O3. The fraction of sp³-hybridized carbons (Fsp3) is 0.667. The molecule has 0 saturated heterocycles. The third-order valence-corrected chi connectivity index (χ3v) is 1.86. The molecular weight excluding hydrogens is 156 g/mol. The topological polar surface area (TPSA) is 35.5 Å². The van der Waals surface area contributed by atoms with Gasteiger partial charge in [0.25, 0.3) is 0 Å². The van der Waals surface area contributed by atoms with Crippen molar-refractivity contribution < 1.29 is 14.3 Å². The summed E-state index contributed by atoms with van der Waals surface area (Å²) in [5.41, 5.74) is 0. The molecule has 0 atom stereocenters. The number of carbonyl (C=O) groups is 1. The number of esters is 1. The van der Waals surface area contributed by atoms with Crippen molar-refractivity contribution in [1.29, 1.82) is 0 Å². The van der Waals surface area contributed by atoms with Crippen molar-refractivity contribution in [2.45, 2.75) is 38.7 Å². The van der Waals surface area contributed by atoms with Gasteiger partial charge in [0.1, 0.15) is 12.5 Å². The molecule has 1 rings (SSSR count). The van der Waals surface area contributed by atoms with Crippen LogP contribution >= 0.6 is 0 Å². The highest BCUT2D eigenvalue weighted by molar-refractivity contribution is 5.66. The van der Waals surface area contributed by atoms with Crippen molar-refractivity contribution >= 4 is 5.97 Å². The Bertz CT molecular complexity index is 169. The first-order chi connectivity index (χ1) is 5.79. The lowest BCUT2D eigenvalue weighted by Crippen LogP contribution is -2.02. The second-order valence-corrected chi connectivity index (χ2v) is 2.92. The fourth-order valence-corrected chi connectivity index (χ4v) is 1.29. The zero-order chi connectivity index (χ0) is 8.81. The van der Waals surface area contributed by atoms with E-state index in [0.717, 1.165) is 12.8 Å². The van der Waals surface area contributed by atoms with Crippen LogP contribution in [0.25, 0.3) is 0 Å². The minimum atomic E-state index is -0.318. The van der Waals surface area contributed by atoms with Crippen molar-refractivity contribution in [1.82, 2.24) is 0 Å². The van der Waals surface area contributed by atoms with Gasteiger partial charge in [-0.25, -0.2) is 0 Å². The Labute approximate surface area is 72.4 Å². The van der Waals surface area contributed by atoms with Crippen LogP contribution in [0, 0.1) is 0 Å². The molecule has 0 aliphatic heterocycles. The first-order valence-corrected chi connectivity index (χ1v) is 4.27. The van der Waals surface area contributed by atoms with Crippen LogP contribution in [0.2, 0.25) is 0 Å². The summed E-state index contributed by atoms with van der Waals surface area (Å²) in [4.78, 5) is 10.3. The summed E-state index contributed by atoms with van der Waals surface area (Å²) in [6, 6.07) is 0. The van der Waals surface area contributed by atoms with Crippen molar-refractivity contribution in [3.8, 4) is 0 Å². The highest BCUT2D eigenvalue weighted by Gasteiger charge is 2.14. The van der Waals surface area contributed by atoms with Gasteiger partial charge < -0.3 is 9.47 Å². The minimum absolute atomic E-state index is 0.318. The Balaban J connectivity index is 2.07. The van der Waals surface area contributed by atoms with Gasteiger partial charge in [0.05, 0.1) is 6.10 Å². The third kappa shape index (κ3) is 3.42. The SMILES string of the molecule is CC(=O)O/C=C\OC1CCCC1. The molecule has 1 aliphatic rings. The van der Waals surface area contributed by atoms with E-state index in [1.165, 1.54) is 32.3 Å². The fourth-order valence-electron chi connectivity index (χ4n) is 1.29. The molecule has 0 unspecified atom stereocenters. The van der Waals surface area contributed by atoms with Gasteiger partial charge in [-0.1, -0.05) is 0 Å². The van der Waals surface area contributed by atoms with E-state index in [0.29, 0.717) is 6.10 Å². The third-order valence-electron chi connectivity index (χ3n) is 1.86. The summed E-state index contributed by atoms with van der Waals surface area (Å²) in [5, 5.41) is 0. The molecule has 0 aromatic heterocycles.